The number of hydrogen-bond donors (Lipinski definition) is 1. The fourth-order valence-corrected chi connectivity index (χ4v) is 2.98. The highest BCUT2D eigenvalue weighted by Gasteiger charge is 2.25. The maximum Gasteiger partial charge on any atom is 0.0967 e. The third-order valence-electron chi connectivity index (χ3n) is 3.99. The van der Waals surface area contributed by atoms with Gasteiger partial charge in [-0.05, 0) is 25.8 Å². The third kappa shape index (κ3) is 3.29. The van der Waals surface area contributed by atoms with E-state index in [0.717, 1.165) is 24.7 Å². The minimum absolute atomic E-state index is 0.609. The molecule has 1 aliphatic carbocycles. The van der Waals surface area contributed by atoms with Crippen molar-refractivity contribution in [1.29, 1.82) is 0 Å². The van der Waals surface area contributed by atoms with Gasteiger partial charge in [0, 0.05) is 25.3 Å². The molecule has 0 aromatic carbocycles. The zero-order valence-corrected chi connectivity index (χ0v) is 11.5. The van der Waals surface area contributed by atoms with Crippen LogP contribution in [-0.2, 0) is 13.1 Å². The molecule has 5 nitrogen and oxygen atoms in total. The Kier molecular flexibility index (Phi) is 4.72. The van der Waals surface area contributed by atoms with E-state index in [4.69, 9.17) is 5.73 Å². The van der Waals surface area contributed by atoms with Crippen LogP contribution in [0.4, 0.5) is 0 Å². The highest BCUT2D eigenvalue weighted by molar-refractivity contribution is 4.93. The molecule has 0 radical (unpaired) electrons. The van der Waals surface area contributed by atoms with E-state index >= 15 is 0 Å². The monoisotopic (exact) mass is 251 g/mol. The van der Waals surface area contributed by atoms with E-state index in [1.807, 2.05) is 10.9 Å². The summed E-state index contributed by atoms with van der Waals surface area (Å²) in [5.74, 6) is 0.794. The summed E-state index contributed by atoms with van der Waals surface area (Å²) in [6.45, 7) is 4.61. The van der Waals surface area contributed by atoms with Crippen molar-refractivity contribution in [3.63, 3.8) is 0 Å². The molecule has 18 heavy (non-hydrogen) atoms. The lowest BCUT2D eigenvalue weighted by molar-refractivity contribution is 0.132. The normalized spacial score (nSPS) is 24.7. The molecule has 102 valence electrons. The second kappa shape index (κ2) is 6.29. The van der Waals surface area contributed by atoms with Crippen LogP contribution in [0.25, 0.3) is 0 Å². The molecule has 1 aliphatic rings. The Morgan fingerprint density at radius 1 is 1.44 bits per heavy atom. The first-order valence-electron chi connectivity index (χ1n) is 7.00. The summed E-state index contributed by atoms with van der Waals surface area (Å²) in [5, 5.41) is 8.29. The summed E-state index contributed by atoms with van der Waals surface area (Å²) in [5.41, 5.74) is 6.55. The van der Waals surface area contributed by atoms with Gasteiger partial charge < -0.3 is 5.73 Å². The number of nitrogens with two attached hydrogens (primary N) is 1. The van der Waals surface area contributed by atoms with E-state index in [1.165, 1.54) is 25.7 Å². The molecule has 2 rings (SSSR count). The molecule has 0 amide bonds. The molecule has 1 aromatic rings. The number of aromatic nitrogens is 3. The van der Waals surface area contributed by atoms with Crippen molar-refractivity contribution < 1.29 is 0 Å². The van der Waals surface area contributed by atoms with Gasteiger partial charge in [0.15, 0.2) is 0 Å². The minimum Gasteiger partial charge on any atom is -0.329 e. The van der Waals surface area contributed by atoms with E-state index in [9.17, 15) is 0 Å². The third-order valence-corrected chi connectivity index (χ3v) is 3.99. The molecule has 1 aromatic heterocycles. The molecule has 1 saturated carbocycles. The van der Waals surface area contributed by atoms with Crippen LogP contribution in [-0.4, -0.2) is 39.5 Å². The Hall–Kier alpha value is -0.940. The fourth-order valence-electron chi connectivity index (χ4n) is 2.98. The van der Waals surface area contributed by atoms with E-state index in [2.05, 4.69) is 29.2 Å². The zero-order valence-electron chi connectivity index (χ0n) is 11.5. The van der Waals surface area contributed by atoms with Crippen molar-refractivity contribution in [3.8, 4) is 0 Å². The van der Waals surface area contributed by atoms with Crippen LogP contribution in [0.2, 0.25) is 0 Å². The van der Waals surface area contributed by atoms with Crippen LogP contribution >= 0.6 is 0 Å². The van der Waals surface area contributed by atoms with Crippen LogP contribution in [0.1, 0.15) is 38.3 Å². The first-order valence-corrected chi connectivity index (χ1v) is 7.00. The smallest absolute Gasteiger partial charge is 0.0967 e. The van der Waals surface area contributed by atoms with Crippen molar-refractivity contribution >= 4 is 0 Å². The van der Waals surface area contributed by atoms with Crippen molar-refractivity contribution in [2.45, 2.75) is 51.7 Å². The van der Waals surface area contributed by atoms with E-state index < -0.39 is 0 Å². The second-order valence-electron chi connectivity index (χ2n) is 5.51. The Morgan fingerprint density at radius 2 is 2.22 bits per heavy atom. The Bertz CT molecular complexity index is 362. The molecule has 0 aliphatic heterocycles. The lowest BCUT2D eigenvalue weighted by Gasteiger charge is -2.35. The Labute approximate surface area is 109 Å². The summed E-state index contributed by atoms with van der Waals surface area (Å²) in [7, 11) is 2.20. The van der Waals surface area contributed by atoms with Gasteiger partial charge in [-0.1, -0.05) is 25.0 Å². The lowest BCUT2D eigenvalue weighted by atomic mass is 9.85. The molecule has 1 heterocycles. The quantitative estimate of drug-likeness (QED) is 0.855. The summed E-state index contributed by atoms with van der Waals surface area (Å²) in [4.78, 5) is 2.43. The van der Waals surface area contributed by atoms with Crippen LogP contribution in [0.5, 0.6) is 0 Å². The average Bonchev–Trinajstić information content (AvgIpc) is 2.77. The molecular formula is C13H25N5. The van der Waals surface area contributed by atoms with Gasteiger partial charge in [-0.3, -0.25) is 9.58 Å². The van der Waals surface area contributed by atoms with Gasteiger partial charge in [0.1, 0.15) is 0 Å². The lowest BCUT2D eigenvalue weighted by Crippen LogP contribution is -2.38. The Morgan fingerprint density at radius 3 is 2.94 bits per heavy atom. The molecule has 0 spiro atoms. The molecule has 5 heteroatoms. The minimum atomic E-state index is 0.609. The molecule has 0 saturated heterocycles. The highest BCUT2D eigenvalue weighted by atomic mass is 15.4. The molecule has 2 unspecified atom stereocenters. The van der Waals surface area contributed by atoms with Crippen molar-refractivity contribution in [2.24, 2.45) is 11.7 Å². The molecule has 2 N–H and O–H groups in total. The van der Waals surface area contributed by atoms with E-state index in [0.29, 0.717) is 12.6 Å². The fraction of sp³-hybridized carbons (Fsp3) is 0.846. The summed E-state index contributed by atoms with van der Waals surface area (Å²) < 4.78 is 1.83. The van der Waals surface area contributed by atoms with Gasteiger partial charge in [-0.25, -0.2) is 0 Å². The predicted octanol–water partition coefficient (Wildman–Crippen LogP) is 1.25. The molecule has 2 atom stereocenters. The number of hydrogen-bond acceptors (Lipinski definition) is 4. The zero-order chi connectivity index (χ0) is 13.0. The van der Waals surface area contributed by atoms with Crippen molar-refractivity contribution in [3.05, 3.63) is 11.9 Å². The van der Waals surface area contributed by atoms with Gasteiger partial charge in [-0.15, -0.1) is 5.10 Å². The van der Waals surface area contributed by atoms with Crippen LogP contribution in [0, 0.1) is 5.92 Å². The molecule has 1 fully saturated rings. The largest absolute Gasteiger partial charge is 0.329 e. The molecular weight excluding hydrogens is 226 g/mol. The van der Waals surface area contributed by atoms with Crippen LogP contribution in [0.3, 0.4) is 0 Å². The van der Waals surface area contributed by atoms with Gasteiger partial charge in [0.05, 0.1) is 12.2 Å². The number of nitrogens with zero attached hydrogens (tertiary/aromatic N) is 4. The van der Waals surface area contributed by atoms with E-state index in [-0.39, 0.29) is 0 Å². The SMILES string of the molecule is CC1CCCCC1N(C)Cc1cn(CCN)nn1. The van der Waals surface area contributed by atoms with Crippen molar-refractivity contribution in [1.82, 2.24) is 19.9 Å². The summed E-state index contributed by atoms with van der Waals surface area (Å²) >= 11 is 0. The van der Waals surface area contributed by atoms with Gasteiger partial charge in [0.2, 0.25) is 0 Å². The van der Waals surface area contributed by atoms with Gasteiger partial charge >= 0.3 is 0 Å². The van der Waals surface area contributed by atoms with E-state index in [1.54, 1.807) is 0 Å². The topological polar surface area (TPSA) is 60.0 Å². The van der Waals surface area contributed by atoms with Crippen LogP contribution in [0.15, 0.2) is 6.20 Å². The first kappa shape index (κ1) is 13.5. The average molecular weight is 251 g/mol. The first-order chi connectivity index (χ1) is 8.70. The second-order valence-corrected chi connectivity index (χ2v) is 5.51. The van der Waals surface area contributed by atoms with Gasteiger partial charge in [0.25, 0.3) is 0 Å². The van der Waals surface area contributed by atoms with Crippen LogP contribution < -0.4 is 5.73 Å². The van der Waals surface area contributed by atoms with Crippen molar-refractivity contribution in [2.75, 3.05) is 13.6 Å². The predicted molar refractivity (Wildman–Crippen MR) is 72.0 cm³/mol. The van der Waals surface area contributed by atoms with Gasteiger partial charge in [-0.2, -0.15) is 0 Å². The Balaban J connectivity index is 1.90. The standard InChI is InChI=1S/C13H25N5/c1-11-5-3-4-6-13(11)17(2)9-12-10-18(8-7-14)16-15-12/h10-11,13H,3-9,14H2,1-2H3. The highest BCUT2D eigenvalue weighted by Crippen LogP contribution is 2.27. The maximum atomic E-state index is 5.51. The number of rotatable bonds is 5. The summed E-state index contributed by atoms with van der Waals surface area (Å²) in [6.07, 6.45) is 7.43. The summed E-state index contributed by atoms with van der Waals surface area (Å²) in [6, 6.07) is 0.693. The molecule has 0 bridgehead atoms. The maximum absolute atomic E-state index is 5.51.